The van der Waals surface area contributed by atoms with Crippen LogP contribution in [0.1, 0.15) is 37.9 Å². The lowest BCUT2D eigenvalue weighted by atomic mass is 10.0. The number of fused-ring (bicyclic) bond motifs is 1. The van der Waals surface area contributed by atoms with E-state index in [1.807, 2.05) is 6.92 Å². The van der Waals surface area contributed by atoms with Crippen LogP contribution < -0.4 is 15.2 Å². The Bertz CT molecular complexity index is 571. The van der Waals surface area contributed by atoms with Gasteiger partial charge in [-0.2, -0.15) is 0 Å². The second-order valence-electron chi connectivity index (χ2n) is 5.56. The van der Waals surface area contributed by atoms with Gasteiger partial charge in [-0.1, -0.05) is 0 Å². The maximum atomic E-state index is 5.98. The molecule has 5 nitrogen and oxygen atoms in total. The Morgan fingerprint density at radius 3 is 2.95 bits per heavy atom. The molecule has 0 fully saturated rings. The first-order valence-electron chi connectivity index (χ1n) is 7.66. The minimum absolute atomic E-state index is 0.140. The van der Waals surface area contributed by atoms with Crippen LogP contribution in [0.3, 0.4) is 0 Å². The molecule has 0 saturated carbocycles. The van der Waals surface area contributed by atoms with Crippen LogP contribution in [-0.4, -0.2) is 36.7 Å². The number of rotatable bonds is 4. The first-order valence-corrected chi connectivity index (χ1v) is 7.66. The first-order chi connectivity index (χ1) is 10.1. The summed E-state index contributed by atoms with van der Waals surface area (Å²) >= 11 is 0. The van der Waals surface area contributed by atoms with Crippen molar-refractivity contribution in [3.63, 3.8) is 0 Å². The highest BCUT2D eigenvalue weighted by Gasteiger charge is 2.31. The van der Waals surface area contributed by atoms with Gasteiger partial charge in [-0.15, -0.1) is 0 Å². The third-order valence-electron chi connectivity index (χ3n) is 4.12. The average Bonchev–Trinajstić information content (AvgIpc) is 2.99. The zero-order valence-corrected chi connectivity index (χ0v) is 12.9. The molecule has 2 heterocycles. The Morgan fingerprint density at radius 1 is 1.43 bits per heavy atom. The number of ether oxygens (including phenoxy) is 2. The monoisotopic (exact) mass is 289 g/mol. The van der Waals surface area contributed by atoms with Gasteiger partial charge in [0.1, 0.15) is 17.6 Å². The summed E-state index contributed by atoms with van der Waals surface area (Å²) in [6.45, 7) is 8.35. The molecule has 114 valence electrons. The lowest BCUT2D eigenvalue weighted by Crippen LogP contribution is -2.35. The first kappa shape index (κ1) is 14.0. The Hall–Kier alpha value is -1.91. The molecule has 3 rings (SSSR count). The van der Waals surface area contributed by atoms with E-state index in [4.69, 9.17) is 15.2 Å². The van der Waals surface area contributed by atoms with Crippen molar-refractivity contribution in [2.24, 2.45) is 10.7 Å². The Kier molecular flexibility index (Phi) is 3.66. The predicted molar refractivity (Wildman–Crippen MR) is 83.0 cm³/mol. The molecule has 5 heteroatoms. The minimum atomic E-state index is 0.140. The van der Waals surface area contributed by atoms with E-state index in [0.29, 0.717) is 19.1 Å². The van der Waals surface area contributed by atoms with E-state index in [1.54, 1.807) is 0 Å². The molecular formula is C16H23N3O2. The fraction of sp³-hybridized carbons (Fsp3) is 0.562. The summed E-state index contributed by atoms with van der Waals surface area (Å²) in [5, 5.41) is 0. The van der Waals surface area contributed by atoms with Crippen molar-refractivity contribution in [1.82, 2.24) is 4.90 Å². The van der Waals surface area contributed by atoms with Gasteiger partial charge in [0.25, 0.3) is 0 Å². The molecular weight excluding hydrogens is 266 g/mol. The van der Waals surface area contributed by atoms with Gasteiger partial charge in [0, 0.05) is 24.1 Å². The quantitative estimate of drug-likeness (QED) is 0.922. The summed E-state index contributed by atoms with van der Waals surface area (Å²) < 4.78 is 11.8. The molecule has 2 unspecified atom stereocenters. The lowest BCUT2D eigenvalue weighted by molar-refractivity contribution is 0.253. The highest BCUT2D eigenvalue weighted by atomic mass is 16.5. The second kappa shape index (κ2) is 5.47. The molecule has 0 radical (unpaired) electrons. The molecule has 0 aromatic heterocycles. The van der Waals surface area contributed by atoms with Crippen molar-refractivity contribution in [3.05, 3.63) is 23.3 Å². The van der Waals surface area contributed by atoms with Gasteiger partial charge < -0.3 is 20.1 Å². The predicted octanol–water partition coefficient (Wildman–Crippen LogP) is 2.10. The van der Waals surface area contributed by atoms with Crippen molar-refractivity contribution in [3.8, 4) is 11.5 Å². The smallest absolute Gasteiger partial charge is 0.191 e. The summed E-state index contributed by atoms with van der Waals surface area (Å²) in [5.41, 5.74) is 8.33. The molecule has 21 heavy (non-hydrogen) atoms. The average molecular weight is 289 g/mol. The standard InChI is InChI=1S/C16H23N3O2/c1-4-19-13(9-18-16(19)17)12-8-14-11(6-10(3)21-14)7-15(12)20-5-2/h7-8,10,13H,4-6,9H2,1-3H3,(H2,17,18). The molecule has 0 aliphatic carbocycles. The third-order valence-corrected chi connectivity index (χ3v) is 4.12. The zero-order chi connectivity index (χ0) is 15.0. The number of nitrogens with zero attached hydrogens (tertiary/aromatic N) is 2. The normalized spacial score (nSPS) is 23.8. The second-order valence-corrected chi connectivity index (χ2v) is 5.56. The van der Waals surface area contributed by atoms with Crippen LogP contribution >= 0.6 is 0 Å². The molecule has 0 bridgehead atoms. The zero-order valence-electron chi connectivity index (χ0n) is 12.9. The van der Waals surface area contributed by atoms with Crippen molar-refractivity contribution in [1.29, 1.82) is 0 Å². The molecule has 2 N–H and O–H groups in total. The van der Waals surface area contributed by atoms with Gasteiger partial charge in [0.05, 0.1) is 19.2 Å². The summed E-state index contributed by atoms with van der Waals surface area (Å²) in [6, 6.07) is 4.38. The minimum Gasteiger partial charge on any atom is -0.493 e. The van der Waals surface area contributed by atoms with Gasteiger partial charge in [-0.25, -0.2) is 0 Å². The van der Waals surface area contributed by atoms with E-state index < -0.39 is 0 Å². The summed E-state index contributed by atoms with van der Waals surface area (Å²) in [5.74, 6) is 2.52. The largest absolute Gasteiger partial charge is 0.493 e. The van der Waals surface area contributed by atoms with Gasteiger partial charge in [-0.05, 0) is 32.9 Å². The molecule has 0 amide bonds. The van der Waals surface area contributed by atoms with Crippen LogP contribution in [0.5, 0.6) is 11.5 Å². The van der Waals surface area contributed by atoms with Crippen molar-refractivity contribution in [2.75, 3.05) is 19.7 Å². The number of aliphatic imine (C=N–C) groups is 1. The molecule has 0 saturated heterocycles. The number of benzene rings is 1. The van der Waals surface area contributed by atoms with Crippen LogP contribution in [-0.2, 0) is 6.42 Å². The van der Waals surface area contributed by atoms with E-state index in [9.17, 15) is 0 Å². The third kappa shape index (κ3) is 2.41. The molecule has 1 aromatic carbocycles. The van der Waals surface area contributed by atoms with Crippen LogP contribution in [0.2, 0.25) is 0 Å². The number of likely N-dealkylation sites (N-methyl/N-ethyl adjacent to an activating group) is 1. The topological polar surface area (TPSA) is 60.1 Å². The maximum absolute atomic E-state index is 5.98. The molecule has 1 aromatic rings. The summed E-state index contributed by atoms with van der Waals surface area (Å²) in [7, 11) is 0. The Balaban J connectivity index is 1.99. The number of hydrogen-bond donors (Lipinski definition) is 1. The van der Waals surface area contributed by atoms with Crippen LogP contribution in [0.4, 0.5) is 0 Å². The van der Waals surface area contributed by atoms with Gasteiger partial charge in [0.2, 0.25) is 0 Å². The molecule has 0 spiro atoms. The molecule has 2 aliphatic rings. The fourth-order valence-corrected chi connectivity index (χ4v) is 3.17. The Labute approximate surface area is 125 Å². The van der Waals surface area contributed by atoms with Crippen LogP contribution in [0, 0.1) is 0 Å². The number of guanidine groups is 1. The van der Waals surface area contributed by atoms with Gasteiger partial charge in [0.15, 0.2) is 5.96 Å². The summed E-state index contributed by atoms with van der Waals surface area (Å²) in [4.78, 5) is 6.49. The van der Waals surface area contributed by atoms with Crippen LogP contribution in [0.15, 0.2) is 17.1 Å². The van der Waals surface area contributed by atoms with Crippen molar-refractivity contribution < 1.29 is 9.47 Å². The van der Waals surface area contributed by atoms with Gasteiger partial charge in [-0.3, -0.25) is 4.99 Å². The fourth-order valence-electron chi connectivity index (χ4n) is 3.17. The Morgan fingerprint density at radius 2 is 2.24 bits per heavy atom. The summed E-state index contributed by atoms with van der Waals surface area (Å²) in [6.07, 6.45) is 1.17. The number of nitrogens with two attached hydrogens (primary N) is 1. The van der Waals surface area contributed by atoms with E-state index in [1.165, 1.54) is 5.56 Å². The maximum Gasteiger partial charge on any atom is 0.191 e. The van der Waals surface area contributed by atoms with Crippen molar-refractivity contribution >= 4 is 5.96 Å². The van der Waals surface area contributed by atoms with Gasteiger partial charge >= 0.3 is 0 Å². The highest BCUT2D eigenvalue weighted by Crippen LogP contribution is 2.40. The van der Waals surface area contributed by atoms with Crippen LogP contribution in [0.25, 0.3) is 0 Å². The highest BCUT2D eigenvalue weighted by molar-refractivity contribution is 5.80. The van der Waals surface area contributed by atoms with E-state index in [0.717, 1.165) is 30.0 Å². The lowest BCUT2D eigenvalue weighted by Gasteiger charge is -2.27. The number of hydrogen-bond acceptors (Lipinski definition) is 5. The molecule has 2 aliphatic heterocycles. The SMILES string of the molecule is CCOc1cc2c(cc1C1CN=C(N)N1CC)OC(C)C2. The van der Waals surface area contributed by atoms with E-state index in [-0.39, 0.29) is 12.1 Å². The van der Waals surface area contributed by atoms with Crippen molar-refractivity contribution in [2.45, 2.75) is 39.3 Å². The van der Waals surface area contributed by atoms with E-state index >= 15 is 0 Å². The van der Waals surface area contributed by atoms with E-state index in [2.05, 4.69) is 35.9 Å². The molecule has 2 atom stereocenters.